The van der Waals surface area contributed by atoms with Crippen LogP contribution in [-0.4, -0.2) is 32.0 Å². The summed E-state index contributed by atoms with van der Waals surface area (Å²) < 4.78 is 34.0. The number of amides is 1. The van der Waals surface area contributed by atoms with E-state index in [9.17, 15) is 13.2 Å². The summed E-state index contributed by atoms with van der Waals surface area (Å²) >= 11 is 0. The number of aryl methyl sites for hydroxylation is 1. The molecule has 0 unspecified atom stereocenters. The second kappa shape index (κ2) is 10.2. The van der Waals surface area contributed by atoms with Crippen molar-refractivity contribution in [3.8, 4) is 11.5 Å². The Morgan fingerprint density at radius 1 is 0.939 bits per heavy atom. The molecular weight excluding hydrogens is 440 g/mol. The van der Waals surface area contributed by atoms with Crippen molar-refractivity contribution < 1.29 is 22.8 Å². The number of rotatable bonds is 8. The fourth-order valence-corrected chi connectivity index (χ4v) is 4.72. The molecule has 3 aromatic rings. The van der Waals surface area contributed by atoms with E-state index < -0.39 is 16.1 Å². The molecule has 1 fully saturated rings. The maximum atomic E-state index is 12.9. The summed E-state index contributed by atoms with van der Waals surface area (Å²) in [7, 11) is -3.89. The number of nitrogens with one attached hydrogen (secondary N) is 1. The van der Waals surface area contributed by atoms with Gasteiger partial charge >= 0.3 is 0 Å². The molecule has 1 aliphatic heterocycles. The van der Waals surface area contributed by atoms with Crippen molar-refractivity contribution in [1.82, 2.24) is 9.79 Å². The van der Waals surface area contributed by atoms with E-state index >= 15 is 0 Å². The minimum atomic E-state index is -3.89. The van der Waals surface area contributed by atoms with Crippen LogP contribution < -0.4 is 9.46 Å². The van der Waals surface area contributed by atoms with Crippen molar-refractivity contribution in [1.29, 1.82) is 0 Å². The molecule has 1 N–H and O–H groups in total. The molecule has 0 bridgehead atoms. The summed E-state index contributed by atoms with van der Waals surface area (Å²) in [6.07, 6.45) is 1.05. The van der Waals surface area contributed by atoms with Crippen LogP contribution in [0.2, 0.25) is 0 Å². The molecule has 1 heterocycles. The van der Waals surface area contributed by atoms with E-state index in [4.69, 9.17) is 9.57 Å². The molecule has 3 aromatic carbocycles. The van der Waals surface area contributed by atoms with E-state index in [0.717, 1.165) is 11.1 Å². The minimum Gasteiger partial charge on any atom is -0.457 e. The molecule has 0 aromatic heterocycles. The minimum absolute atomic E-state index is 0.0638. The summed E-state index contributed by atoms with van der Waals surface area (Å²) in [4.78, 5) is 18.5. The smallest absolute Gasteiger partial charge is 0.264 e. The fourth-order valence-electron chi connectivity index (χ4n) is 3.50. The zero-order valence-electron chi connectivity index (χ0n) is 18.3. The molecule has 1 atom stereocenters. The largest absolute Gasteiger partial charge is 0.457 e. The van der Waals surface area contributed by atoms with Crippen molar-refractivity contribution in [2.75, 3.05) is 6.54 Å². The van der Waals surface area contributed by atoms with Crippen LogP contribution in [0.4, 0.5) is 0 Å². The highest BCUT2D eigenvalue weighted by Crippen LogP contribution is 2.24. The van der Waals surface area contributed by atoms with Gasteiger partial charge < -0.3 is 4.74 Å². The average Bonchev–Trinajstić information content (AvgIpc) is 2.82. The Kier molecular flexibility index (Phi) is 7.08. The predicted octanol–water partition coefficient (Wildman–Crippen LogP) is 4.19. The van der Waals surface area contributed by atoms with Crippen LogP contribution in [0.25, 0.3) is 0 Å². The predicted molar refractivity (Wildman–Crippen MR) is 124 cm³/mol. The van der Waals surface area contributed by atoms with Gasteiger partial charge in [-0.3, -0.25) is 9.63 Å². The van der Waals surface area contributed by atoms with Gasteiger partial charge in [0.2, 0.25) is 10.0 Å². The van der Waals surface area contributed by atoms with E-state index in [0.29, 0.717) is 30.9 Å². The zero-order chi connectivity index (χ0) is 23.3. The number of hydroxylamine groups is 2. The van der Waals surface area contributed by atoms with E-state index in [2.05, 4.69) is 4.72 Å². The first kappa shape index (κ1) is 23.0. The number of ether oxygens (including phenoxy) is 1. The Balaban J connectivity index is 1.37. The molecule has 1 saturated heterocycles. The van der Waals surface area contributed by atoms with Gasteiger partial charge in [-0.15, -0.1) is 0 Å². The summed E-state index contributed by atoms with van der Waals surface area (Å²) in [5.74, 6) is 0.796. The fraction of sp³-hybridized carbons (Fsp3) is 0.240. The first-order valence-electron chi connectivity index (χ1n) is 10.8. The van der Waals surface area contributed by atoms with Gasteiger partial charge in [-0.25, -0.2) is 13.5 Å². The third-order valence-corrected chi connectivity index (χ3v) is 6.80. The molecule has 0 saturated carbocycles. The Hall–Kier alpha value is -3.20. The van der Waals surface area contributed by atoms with Gasteiger partial charge in [-0.2, -0.15) is 4.72 Å². The van der Waals surface area contributed by atoms with Gasteiger partial charge in [-0.05, 0) is 61.7 Å². The Morgan fingerprint density at radius 3 is 2.24 bits per heavy atom. The molecule has 0 spiro atoms. The lowest BCUT2D eigenvalue weighted by Crippen LogP contribution is -2.51. The van der Waals surface area contributed by atoms with Crippen molar-refractivity contribution in [3.63, 3.8) is 0 Å². The van der Waals surface area contributed by atoms with Crippen LogP contribution >= 0.6 is 0 Å². The standard InChI is InChI=1S/C25H26N2O5S/c1-19-9-11-21(12-10-19)32-22-13-15-23(16-14-22)33(29,30)26-24-8-5-17-27(25(24)28)31-18-20-6-3-2-4-7-20/h2-4,6-7,9-16,24,26H,5,8,17-18H2,1H3/t24-/m1/s1. The van der Waals surface area contributed by atoms with Crippen LogP contribution in [0, 0.1) is 6.92 Å². The van der Waals surface area contributed by atoms with Crippen molar-refractivity contribution >= 4 is 15.9 Å². The van der Waals surface area contributed by atoms with E-state index in [1.165, 1.54) is 17.2 Å². The van der Waals surface area contributed by atoms with Gasteiger partial charge in [0.15, 0.2) is 0 Å². The van der Waals surface area contributed by atoms with Gasteiger partial charge in [0.1, 0.15) is 24.1 Å². The van der Waals surface area contributed by atoms with Crippen LogP contribution in [0.1, 0.15) is 24.0 Å². The number of carbonyl (C=O) groups excluding carboxylic acids is 1. The molecule has 0 radical (unpaired) electrons. The number of hydrogen-bond acceptors (Lipinski definition) is 5. The molecule has 4 rings (SSSR count). The van der Waals surface area contributed by atoms with E-state index in [1.807, 2.05) is 61.5 Å². The van der Waals surface area contributed by atoms with Gasteiger partial charge in [0.05, 0.1) is 4.90 Å². The SMILES string of the molecule is Cc1ccc(Oc2ccc(S(=O)(=O)N[C@@H]3CCCN(OCc4ccccc4)C3=O)cc2)cc1. The third-order valence-electron chi connectivity index (χ3n) is 5.32. The number of carbonyl (C=O) groups is 1. The maximum absolute atomic E-state index is 12.9. The molecule has 1 amide bonds. The van der Waals surface area contributed by atoms with E-state index in [1.54, 1.807) is 12.1 Å². The van der Waals surface area contributed by atoms with Crippen LogP contribution in [-0.2, 0) is 26.3 Å². The van der Waals surface area contributed by atoms with E-state index in [-0.39, 0.29) is 17.4 Å². The van der Waals surface area contributed by atoms with Crippen molar-refractivity contribution in [2.24, 2.45) is 0 Å². The maximum Gasteiger partial charge on any atom is 0.264 e. The van der Waals surface area contributed by atoms with Crippen molar-refractivity contribution in [3.05, 3.63) is 90.0 Å². The summed E-state index contributed by atoms with van der Waals surface area (Å²) in [6.45, 7) is 2.66. The lowest BCUT2D eigenvalue weighted by atomic mass is 10.1. The van der Waals surface area contributed by atoms with Gasteiger partial charge in [-0.1, -0.05) is 48.0 Å². The van der Waals surface area contributed by atoms with Crippen molar-refractivity contribution in [2.45, 2.75) is 37.3 Å². The van der Waals surface area contributed by atoms with Gasteiger partial charge in [0, 0.05) is 6.54 Å². The molecule has 0 aliphatic carbocycles. The average molecular weight is 467 g/mol. The zero-order valence-corrected chi connectivity index (χ0v) is 19.1. The molecular formula is C25H26N2O5S. The summed E-state index contributed by atoms with van der Waals surface area (Å²) in [5.41, 5.74) is 2.05. The monoisotopic (exact) mass is 466 g/mol. The first-order chi connectivity index (χ1) is 15.9. The second-order valence-electron chi connectivity index (χ2n) is 7.90. The highest BCUT2D eigenvalue weighted by atomic mass is 32.2. The number of nitrogens with zero attached hydrogens (tertiary/aromatic N) is 1. The highest BCUT2D eigenvalue weighted by molar-refractivity contribution is 7.89. The van der Waals surface area contributed by atoms with Crippen LogP contribution in [0.15, 0.2) is 83.8 Å². The molecule has 33 heavy (non-hydrogen) atoms. The second-order valence-corrected chi connectivity index (χ2v) is 9.62. The first-order valence-corrected chi connectivity index (χ1v) is 12.2. The number of sulfonamides is 1. The lowest BCUT2D eigenvalue weighted by Gasteiger charge is -2.31. The Labute approximate surface area is 194 Å². The van der Waals surface area contributed by atoms with Crippen LogP contribution in [0.3, 0.4) is 0 Å². The van der Waals surface area contributed by atoms with Crippen LogP contribution in [0.5, 0.6) is 11.5 Å². The highest BCUT2D eigenvalue weighted by Gasteiger charge is 2.33. The number of benzene rings is 3. The lowest BCUT2D eigenvalue weighted by molar-refractivity contribution is -0.198. The molecule has 7 nitrogen and oxygen atoms in total. The number of hydrogen-bond donors (Lipinski definition) is 1. The third kappa shape index (κ3) is 5.98. The summed E-state index contributed by atoms with van der Waals surface area (Å²) in [5, 5.41) is 1.25. The molecule has 1 aliphatic rings. The quantitative estimate of drug-likeness (QED) is 0.538. The normalized spacial score (nSPS) is 16.6. The Bertz CT molecular complexity index is 1180. The molecule has 172 valence electrons. The van der Waals surface area contributed by atoms with Gasteiger partial charge in [0.25, 0.3) is 5.91 Å². The Morgan fingerprint density at radius 2 is 1.58 bits per heavy atom. The summed E-state index contributed by atoms with van der Waals surface area (Å²) in [6, 6.07) is 22.3. The number of piperidine rings is 1. The molecule has 8 heteroatoms. The topological polar surface area (TPSA) is 84.9 Å².